The summed E-state index contributed by atoms with van der Waals surface area (Å²) in [7, 11) is 0. The van der Waals surface area contributed by atoms with E-state index < -0.39 is 0 Å². The van der Waals surface area contributed by atoms with Gasteiger partial charge in [-0.25, -0.2) is 4.79 Å². The minimum Gasteiger partial charge on any atom is -0.368 e. The Labute approximate surface area is 146 Å². The van der Waals surface area contributed by atoms with Crippen molar-refractivity contribution in [2.45, 2.75) is 20.4 Å². The van der Waals surface area contributed by atoms with Crippen LogP contribution in [0.1, 0.15) is 16.8 Å². The molecule has 2 N–H and O–H groups in total. The number of H-pyrrole nitrogens is 1. The van der Waals surface area contributed by atoms with Crippen molar-refractivity contribution in [1.29, 1.82) is 0 Å². The molecule has 3 rings (SSSR count). The van der Waals surface area contributed by atoms with Gasteiger partial charge in [0, 0.05) is 55.5 Å². The van der Waals surface area contributed by atoms with Gasteiger partial charge < -0.3 is 20.1 Å². The van der Waals surface area contributed by atoms with Gasteiger partial charge in [0.05, 0.1) is 6.54 Å². The van der Waals surface area contributed by atoms with E-state index in [2.05, 4.69) is 20.2 Å². The largest absolute Gasteiger partial charge is 0.368 e. The van der Waals surface area contributed by atoms with E-state index in [0.717, 1.165) is 30.0 Å². The summed E-state index contributed by atoms with van der Waals surface area (Å²) in [4.78, 5) is 35.2. The molecule has 1 aliphatic rings. The average Bonchev–Trinajstić information content (AvgIpc) is 2.61. The number of urea groups is 1. The van der Waals surface area contributed by atoms with Gasteiger partial charge in [-0.1, -0.05) is 0 Å². The van der Waals surface area contributed by atoms with Crippen LogP contribution in [0.5, 0.6) is 0 Å². The number of hydrogen-bond acceptors (Lipinski definition) is 4. The Morgan fingerprint density at radius 3 is 2.52 bits per heavy atom. The van der Waals surface area contributed by atoms with Crippen LogP contribution in [0.25, 0.3) is 0 Å². The minimum atomic E-state index is -0.139. The second-order valence-electron chi connectivity index (χ2n) is 6.28. The van der Waals surface area contributed by atoms with Gasteiger partial charge in [0.15, 0.2) is 0 Å². The van der Waals surface area contributed by atoms with Crippen molar-refractivity contribution in [3.63, 3.8) is 0 Å². The molecule has 132 valence electrons. The second-order valence-corrected chi connectivity index (χ2v) is 6.28. The topological polar surface area (TPSA) is 81.3 Å². The zero-order chi connectivity index (χ0) is 17.8. The number of piperazine rings is 1. The predicted molar refractivity (Wildman–Crippen MR) is 96.8 cm³/mol. The Kier molecular flexibility index (Phi) is 5.02. The van der Waals surface area contributed by atoms with Crippen LogP contribution in [-0.4, -0.2) is 47.1 Å². The Balaban J connectivity index is 1.54. The molecule has 1 saturated heterocycles. The van der Waals surface area contributed by atoms with E-state index in [1.807, 2.05) is 32.0 Å². The third-order valence-corrected chi connectivity index (χ3v) is 4.50. The van der Waals surface area contributed by atoms with Crippen molar-refractivity contribution >= 4 is 11.7 Å². The molecule has 0 atom stereocenters. The van der Waals surface area contributed by atoms with E-state index in [9.17, 15) is 9.59 Å². The van der Waals surface area contributed by atoms with Crippen LogP contribution in [-0.2, 0) is 6.54 Å². The Morgan fingerprint density at radius 2 is 1.88 bits per heavy atom. The molecule has 0 saturated carbocycles. The summed E-state index contributed by atoms with van der Waals surface area (Å²) in [6.07, 6.45) is 3.55. The number of aryl methyl sites for hydroxylation is 2. The number of carbonyl (C=O) groups is 1. The molecule has 7 nitrogen and oxygen atoms in total. The number of nitrogens with one attached hydrogen (secondary N) is 2. The fraction of sp³-hybridized carbons (Fsp3) is 0.389. The molecule has 0 aliphatic carbocycles. The molecule has 1 fully saturated rings. The third kappa shape index (κ3) is 3.99. The van der Waals surface area contributed by atoms with E-state index in [0.29, 0.717) is 18.7 Å². The molecule has 2 amide bonds. The lowest BCUT2D eigenvalue weighted by atomic mass is 10.1. The van der Waals surface area contributed by atoms with Crippen LogP contribution < -0.4 is 15.8 Å². The number of nitrogens with zero attached hydrogens (tertiary/aromatic N) is 3. The molecule has 25 heavy (non-hydrogen) atoms. The molecule has 0 radical (unpaired) electrons. The Morgan fingerprint density at radius 1 is 1.20 bits per heavy atom. The molecule has 0 aromatic carbocycles. The van der Waals surface area contributed by atoms with E-state index in [-0.39, 0.29) is 18.1 Å². The number of rotatable bonds is 3. The monoisotopic (exact) mass is 341 g/mol. The van der Waals surface area contributed by atoms with Crippen LogP contribution >= 0.6 is 0 Å². The van der Waals surface area contributed by atoms with Crippen molar-refractivity contribution in [3.8, 4) is 0 Å². The molecule has 1 aliphatic heterocycles. The van der Waals surface area contributed by atoms with Crippen LogP contribution in [0.2, 0.25) is 0 Å². The van der Waals surface area contributed by atoms with Crippen molar-refractivity contribution < 1.29 is 4.79 Å². The standard InChI is InChI=1S/C18H23N5O2/c1-13-11-14(2)21-17(24)16(13)12-20-18(25)23-9-7-22(8-10-23)15-3-5-19-6-4-15/h3-6,11H,7-10,12H2,1-2H3,(H,20,25)(H,21,24). The lowest BCUT2D eigenvalue weighted by Crippen LogP contribution is -2.52. The van der Waals surface area contributed by atoms with Crippen LogP contribution in [0.15, 0.2) is 35.4 Å². The van der Waals surface area contributed by atoms with Crippen molar-refractivity contribution in [1.82, 2.24) is 20.2 Å². The van der Waals surface area contributed by atoms with E-state index >= 15 is 0 Å². The maximum atomic E-state index is 12.4. The molecular weight excluding hydrogens is 318 g/mol. The number of carbonyl (C=O) groups excluding carboxylic acids is 1. The Hall–Kier alpha value is -2.83. The minimum absolute atomic E-state index is 0.131. The summed E-state index contributed by atoms with van der Waals surface area (Å²) in [5.41, 5.74) is 3.31. The molecule has 7 heteroatoms. The molecule has 0 unspecified atom stereocenters. The molecule has 2 aromatic rings. The van der Waals surface area contributed by atoms with Gasteiger partial charge in [-0.2, -0.15) is 0 Å². The van der Waals surface area contributed by atoms with E-state index in [4.69, 9.17) is 0 Å². The summed E-state index contributed by atoms with van der Waals surface area (Å²) < 4.78 is 0. The quantitative estimate of drug-likeness (QED) is 0.885. The van der Waals surface area contributed by atoms with Crippen molar-refractivity contribution in [3.05, 3.63) is 57.8 Å². The predicted octanol–water partition coefficient (Wildman–Crippen LogP) is 1.42. The molecule has 0 bridgehead atoms. The number of pyridine rings is 2. The molecule has 3 heterocycles. The van der Waals surface area contributed by atoms with Gasteiger partial charge in [-0.15, -0.1) is 0 Å². The summed E-state index contributed by atoms with van der Waals surface area (Å²) in [5, 5.41) is 2.86. The highest BCUT2D eigenvalue weighted by Gasteiger charge is 2.21. The highest BCUT2D eigenvalue weighted by Crippen LogP contribution is 2.14. The fourth-order valence-electron chi connectivity index (χ4n) is 3.10. The summed E-state index contributed by atoms with van der Waals surface area (Å²) >= 11 is 0. The highest BCUT2D eigenvalue weighted by atomic mass is 16.2. The second kappa shape index (κ2) is 7.38. The number of anilines is 1. The van der Waals surface area contributed by atoms with E-state index in [1.54, 1.807) is 17.3 Å². The first-order valence-electron chi connectivity index (χ1n) is 8.42. The van der Waals surface area contributed by atoms with E-state index in [1.165, 1.54) is 0 Å². The number of aromatic amines is 1. The van der Waals surface area contributed by atoms with Crippen molar-refractivity contribution in [2.75, 3.05) is 31.1 Å². The van der Waals surface area contributed by atoms with Gasteiger partial charge in [-0.3, -0.25) is 9.78 Å². The Bertz CT molecular complexity index is 795. The molecule has 0 spiro atoms. The SMILES string of the molecule is Cc1cc(C)c(CNC(=O)N2CCN(c3ccncc3)CC2)c(=O)[nH]1. The zero-order valence-electron chi connectivity index (χ0n) is 14.6. The van der Waals surface area contributed by atoms with Gasteiger partial charge >= 0.3 is 6.03 Å². The average molecular weight is 341 g/mol. The van der Waals surface area contributed by atoms with Crippen LogP contribution in [0, 0.1) is 13.8 Å². The zero-order valence-corrected chi connectivity index (χ0v) is 14.6. The lowest BCUT2D eigenvalue weighted by Gasteiger charge is -2.36. The highest BCUT2D eigenvalue weighted by molar-refractivity contribution is 5.74. The molecule has 2 aromatic heterocycles. The maximum Gasteiger partial charge on any atom is 0.317 e. The normalized spacial score (nSPS) is 14.5. The summed E-state index contributed by atoms with van der Waals surface area (Å²) in [6, 6.07) is 5.73. The van der Waals surface area contributed by atoms with Crippen molar-refractivity contribution in [2.24, 2.45) is 0 Å². The third-order valence-electron chi connectivity index (χ3n) is 4.50. The number of hydrogen-bond donors (Lipinski definition) is 2. The fourth-order valence-corrected chi connectivity index (χ4v) is 3.10. The van der Waals surface area contributed by atoms with Crippen LogP contribution in [0.4, 0.5) is 10.5 Å². The first-order valence-corrected chi connectivity index (χ1v) is 8.42. The first kappa shape index (κ1) is 17.0. The van der Waals surface area contributed by atoms with Gasteiger partial charge in [0.25, 0.3) is 5.56 Å². The maximum absolute atomic E-state index is 12.4. The smallest absolute Gasteiger partial charge is 0.317 e. The number of amides is 2. The van der Waals surface area contributed by atoms with Gasteiger partial charge in [0.1, 0.15) is 0 Å². The number of aromatic nitrogens is 2. The summed E-state index contributed by atoms with van der Waals surface area (Å²) in [6.45, 7) is 6.83. The van der Waals surface area contributed by atoms with Gasteiger partial charge in [-0.05, 0) is 37.6 Å². The lowest BCUT2D eigenvalue weighted by molar-refractivity contribution is 0.194. The first-order chi connectivity index (χ1) is 12.0. The molecular formula is C18H23N5O2. The summed E-state index contributed by atoms with van der Waals surface area (Å²) in [5.74, 6) is 0. The van der Waals surface area contributed by atoms with Gasteiger partial charge in [0.2, 0.25) is 0 Å². The van der Waals surface area contributed by atoms with Crippen LogP contribution in [0.3, 0.4) is 0 Å².